The molecule has 0 radical (unpaired) electrons. The second kappa shape index (κ2) is 9.44. The van der Waals surface area contributed by atoms with Gasteiger partial charge in [0, 0.05) is 37.9 Å². The molecule has 0 saturated heterocycles. The highest BCUT2D eigenvalue weighted by Crippen LogP contribution is 2.23. The number of aromatic nitrogens is 1. The highest BCUT2D eigenvalue weighted by atomic mass is 35.5. The zero-order valence-electron chi connectivity index (χ0n) is 16.5. The predicted octanol–water partition coefficient (Wildman–Crippen LogP) is 1.61. The Morgan fingerprint density at radius 3 is 2.68 bits per heavy atom. The molecule has 31 heavy (non-hydrogen) atoms. The highest BCUT2D eigenvalue weighted by Gasteiger charge is 2.30. The zero-order chi connectivity index (χ0) is 22.7. The maximum Gasteiger partial charge on any atom is 0.274 e. The number of pyridine rings is 1. The van der Waals surface area contributed by atoms with Crippen LogP contribution in [0, 0.1) is 11.6 Å². The molecule has 0 saturated carbocycles. The number of carbonyl (C=O) groups is 2. The number of hydrogen-bond donors (Lipinski definition) is 3. The van der Waals surface area contributed by atoms with E-state index in [-0.39, 0.29) is 24.3 Å². The molecule has 0 unspecified atom stereocenters. The molecular formula is C20H21ClF2N4O4. The van der Waals surface area contributed by atoms with E-state index in [1.807, 2.05) is 0 Å². The molecule has 1 aromatic heterocycles. The lowest BCUT2D eigenvalue weighted by Gasteiger charge is -2.30. The van der Waals surface area contributed by atoms with Crippen LogP contribution in [-0.2, 0) is 13.1 Å². The molecular weight excluding hydrogens is 434 g/mol. The molecule has 1 aliphatic rings. The fourth-order valence-electron chi connectivity index (χ4n) is 3.33. The van der Waals surface area contributed by atoms with Crippen LogP contribution in [0.4, 0.5) is 8.78 Å². The fourth-order valence-corrected chi connectivity index (χ4v) is 3.51. The predicted molar refractivity (Wildman–Crippen MR) is 109 cm³/mol. The average Bonchev–Trinajstić information content (AvgIpc) is 2.75. The largest absolute Gasteiger partial charge is 0.503 e. The van der Waals surface area contributed by atoms with Gasteiger partial charge in [-0.15, -0.1) is 0 Å². The van der Waals surface area contributed by atoms with Crippen LogP contribution >= 0.6 is 11.6 Å². The first kappa shape index (κ1) is 22.7. The van der Waals surface area contributed by atoms with Crippen LogP contribution in [0.15, 0.2) is 23.1 Å². The van der Waals surface area contributed by atoms with Gasteiger partial charge < -0.3 is 25.6 Å². The van der Waals surface area contributed by atoms with Gasteiger partial charge in [0.2, 0.25) is 5.43 Å². The molecule has 1 aliphatic heterocycles. The lowest BCUT2D eigenvalue weighted by molar-refractivity contribution is 0.0692. The van der Waals surface area contributed by atoms with E-state index in [1.54, 1.807) is 0 Å². The van der Waals surface area contributed by atoms with Crippen LogP contribution in [-0.4, -0.2) is 46.0 Å². The second-order valence-corrected chi connectivity index (χ2v) is 7.45. The molecule has 3 rings (SSSR count). The minimum Gasteiger partial charge on any atom is -0.503 e. The van der Waals surface area contributed by atoms with Crippen molar-refractivity contribution in [2.45, 2.75) is 25.9 Å². The number of nitrogens with zero attached hydrogens (tertiary/aromatic N) is 2. The average molecular weight is 455 g/mol. The van der Waals surface area contributed by atoms with Crippen molar-refractivity contribution in [2.24, 2.45) is 5.73 Å². The molecule has 1 aromatic carbocycles. The number of hydrogen-bond acceptors (Lipinski definition) is 5. The van der Waals surface area contributed by atoms with Gasteiger partial charge in [-0.25, -0.2) is 8.78 Å². The molecule has 11 heteroatoms. The summed E-state index contributed by atoms with van der Waals surface area (Å²) in [5.41, 5.74) is 3.78. The summed E-state index contributed by atoms with van der Waals surface area (Å²) < 4.78 is 28.6. The lowest BCUT2D eigenvalue weighted by Crippen LogP contribution is -2.43. The van der Waals surface area contributed by atoms with Crippen molar-refractivity contribution in [3.8, 4) is 5.75 Å². The van der Waals surface area contributed by atoms with E-state index in [9.17, 15) is 28.3 Å². The Balaban J connectivity index is 1.80. The molecule has 0 bridgehead atoms. The molecule has 4 N–H and O–H groups in total. The number of amides is 2. The van der Waals surface area contributed by atoms with Crippen LogP contribution in [0.2, 0.25) is 5.02 Å². The quantitative estimate of drug-likeness (QED) is 0.434. The van der Waals surface area contributed by atoms with Crippen molar-refractivity contribution in [2.75, 3.05) is 19.6 Å². The van der Waals surface area contributed by atoms with Crippen molar-refractivity contribution in [1.29, 1.82) is 0 Å². The summed E-state index contributed by atoms with van der Waals surface area (Å²) in [5.74, 6) is -4.17. The SMILES string of the molecule is NCCCCN1CCn2cc(C(=O)NCc3ccc(F)c(Cl)c3F)c(=O)c(O)c2C1=O. The summed E-state index contributed by atoms with van der Waals surface area (Å²) in [4.78, 5) is 39.2. The number of nitrogens with one attached hydrogen (secondary N) is 1. The molecule has 8 nitrogen and oxygen atoms in total. The molecule has 2 amide bonds. The third kappa shape index (κ3) is 4.54. The molecule has 166 valence electrons. The molecule has 0 fully saturated rings. The van der Waals surface area contributed by atoms with Crippen LogP contribution in [0.1, 0.15) is 39.3 Å². The van der Waals surface area contributed by atoms with E-state index in [0.717, 1.165) is 18.6 Å². The van der Waals surface area contributed by atoms with E-state index in [2.05, 4.69) is 5.32 Å². The minimum absolute atomic E-state index is 0.0784. The Morgan fingerprint density at radius 1 is 1.23 bits per heavy atom. The van der Waals surface area contributed by atoms with Gasteiger partial charge in [-0.2, -0.15) is 0 Å². The van der Waals surface area contributed by atoms with Crippen molar-refractivity contribution in [1.82, 2.24) is 14.8 Å². The van der Waals surface area contributed by atoms with Crippen molar-refractivity contribution < 1.29 is 23.5 Å². The Hall–Kier alpha value is -2.98. The van der Waals surface area contributed by atoms with Gasteiger partial charge in [0.05, 0.1) is 0 Å². The summed E-state index contributed by atoms with van der Waals surface area (Å²) in [7, 11) is 0. The maximum absolute atomic E-state index is 14.0. The standard InChI is InChI=1S/C20H21ClF2N4O4/c21-14-13(22)4-3-11(15(14)23)9-25-19(30)12-10-27-8-7-26(6-2-1-5-24)20(31)16(27)18(29)17(12)28/h3-4,10,29H,1-2,5-9,24H2,(H,25,30). The van der Waals surface area contributed by atoms with Gasteiger partial charge in [-0.05, 0) is 25.5 Å². The van der Waals surface area contributed by atoms with Gasteiger partial charge in [-0.3, -0.25) is 14.4 Å². The van der Waals surface area contributed by atoms with E-state index < -0.39 is 45.2 Å². The van der Waals surface area contributed by atoms with Gasteiger partial charge in [0.25, 0.3) is 11.8 Å². The van der Waals surface area contributed by atoms with Crippen molar-refractivity contribution >= 4 is 23.4 Å². The molecule has 2 heterocycles. The Bertz CT molecular complexity index is 1090. The maximum atomic E-state index is 14.0. The third-order valence-electron chi connectivity index (χ3n) is 5.04. The Morgan fingerprint density at radius 2 is 1.97 bits per heavy atom. The highest BCUT2D eigenvalue weighted by molar-refractivity contribution is 6.30. The first-order valence-corrected chi connectivity index (χ1v) is 10.00. The molecule has 2 aromatic rings. The van der Waals surface area contributed by atoms with Crippen LogP contribution in [0.25, 0.3) is 0 Å². The summed E-state index contributed by atoms with van der Waals surface area (Å²) in [6.07, 6.45) is 2.62. The first-order valence-electron chi connectivity index (χ1n) is 9.62. The van der Waals surface area contributed by atoms with Gasteiger partial charge >= 0.3 is 0 Å². The number of benzene rings is 1. The zero-order valence-corrected chi connectivity index (χ0v) is 17.2. The van der Waals surface area contributed by atoms with Crippen LogP contribution in [0.5, 0.6) is 5.75 Å². The summed E-state index contributed by atoms with van der Waals surface area (Å²) in [6.45, 7) is 1.20. The fraction of sp³-hybridized carbons (Fsp3) is 0.350. The minimum atomic E-state index is -1.02. The van der Waals surface area contributed by atoms with Crippen LogP contribution in [0.3, 0.4) is 0 Å². The van der Waals surface area contributed by atoms with E-state index >= 15 is 0 Å². The lowest BCUT2D eigenvalue weighted by atomic mass is 10.1. The summed E-state index contributed by atoms with van der Waals surface area (Å²) in [5, 5.41) is 12.0. The third-order valence-corrected chi connectivity index (χ3v) is 5.38. The summed E-state index contributed by atoms with van der Waals surface area (Å²) >= 11 is 5.51. The van der Waals surface area contributed by atoms with Gasteiger partial charge in [-0.1, -0.05) is 17.7 Å². The van der Waals surface area contributed by atoms with E-state index in [4.69, 9.17) is 17.3 Å². The number of carbonyl (C=O) groups excluding carboxylic acids is 2. The Kier molecular flexibility index (Phi) is 6.91. The monoisotopic (exact) mass is 454 g/mol. The smallest absolute Gasteiger partial charge is 0.274 e. The number of unbranched alkanes of at least 4 members (excludes halogenated alkanes) is 1. The molecule has 0 atom stereocenters. The number of nitrogens with two attached hydrogens (primary N) is 1. The molecule has 0 spiro atoms. The van der Waals surface area contributed by atoms with Crippen molar-refractivity contribution in [3.63, 3.8) is 0 Å². The second-order valence-electron chi connectivity index (χ2n) is 7.07. The Labute approximate surface area is 181 Å². The topological polar surface area (TPSA) is 118 Å². The number of fused-ring (bicyclic) bond motifs is 1. The normalized spacial score (nSPS) is 13.3. The van der Waals surface area contributed by atoms with E-state index in [0.29, 0.717) is 26.1 Å². The van der Waals surface area contributed by atoms with E-state index in [1.165, 1.54) is 15.7 Å². The van der Waals surface area contributed by atoms with Crippen LogP contribution < -0.4 is 16.5 Å². The summed E-state index contributed by atoms with van der Waals surface area (Å²) in [6, 6.07) is 2.07. The van der Waals surface area contributed by atoms with Gasteiger partial charge in [0.15, 0.2) is 11.4 Å². The number of aromatic hydroxyl groups is 1. The number of rotatable bonds is 7. The first-order chi connectivity index (χ1) is 14.8. The molecule has 0 aliphatic carbocycles. The van der Waals surface area contributed by atoms with Gasteiger partial charge in [0.1, 0.15) is 22.2 Å². The number of halogens is 3. The van der Waals surface area contributed by atoms with Crippen molar-refractivity contribution in [3.05, 3.63) is 62.0 Å².